The average Bonchev–Trinajstić information content (AvgIpc) is 3.33. The summed E-state index contributed by atoms with van der Waals surface area (Å²) in [6.07, 6.45) is 4.37. The molecule has 4 rings (SSSR count). The predicted molar refractivity (Wildman–Crippen MR) is 121 cm³/mol. The van der Waals surface area contributed by atoms with Gasteiger partial charge in [0.1, 0.15) is 18.5 Å². The number of fused-ring (bicyclic) bond motifs is 1. The summed E-state index contributed by atoms with van der Waals surface area (Å²) < 4.78 is 11.4. The Hall–Kier alpha value is -2.85. The Bertz CT molecular complexity index is 1000. The number of piperazine rings is 1. The molecule has 0 aliphatic carbocycles. The van der Waals surface area contributed by atoms with E-state index in [0.29, 0.717) is 13.0 Å². The number of rotatable bonds is 9. The zero-order valence-corrected chi connectivity index (χ0v) is 17.7. The number of furan rings is 1. The summed E-state index contributed by atoms with van der Waals surface area (Å²) in [4.78, 5) is 4.68. The molecule has 0 spiro atoms. The highest BCUT2D eigenvalue weighted by atomic mass is 16.5. The van der Waals surface area contributed by atoms with Gasteiger partial charge in [-0.2, -0.15) is 5.26 Å². The summed E-state index contributed by atoms with van der Waals surface area (Å²) in [5, 5.41) is 21.5. The highest BCUT2D eigenvalue weighted by Gasteiger charge is 2.20. The van der Waals surface area contributed by atoms with Crippen LogP contribution in [0.5, 0.6) is 5.75 Å². The number of hydrogen-bond acceptors (Lipinski definition) is 6. The van der Waals surface area contributed by atoms with Crippen molar-refractivity contribution in [3.63, 3.8) is 0 Å². The van der Waals surface area contributed by atoms with Gasteiger partial charge in [-0.05, 0) is 35.9 Å². The smallest absolute Gasteiger partial charge is 0.128 e. The maximum atomic E-state index is 10.6. The van der Waals surface area contributed by atoms with Crippen molar-refractivity contribution in [2.75, 3.05) is 45.9 Å². The number of aliphatic hydroxyl groups excluding tert-OH is 1. The molecule has 31 heavy (non-hydrogen) atoms. The van der Waals surface area contributed by atoms with Gasteiger partial charge in [-0.1, -0.05) is 30.3 Å². The summed E-state index contributed by atoms with van der Waals surface area (Å²) in [7, 11) is 0. The van der Waals surface area contributed by atoms with E-state index in [0.717, 1.165) is 66.8 Å². The lowest BCUT2D eigenvalue weighted by Crippen LogP contribution is -2.49. The summed E-state index contributed by atoms with van der Waals surface area (Å²) in [5.41, 5.74) is 1.96. The molecular weight excluding hydrogens is 390 g/mol. The molecule has 3 aromatic rings. The molecule has 1 saturated heterocycles. The van der Waals surface area contributed by atoms with Crippen LogP contribution in [-0.4, -0.2) is 66.9 Å². The molecule has 1 aromatic heterocycles. The van der Waals surface area contributed by atoms with Crippen molar-refractivity contribution in [3.8, 4) is 22.9 Å². The molecule has 2 heterocycles. The van der Waals surface area contributed by atoms with Crippen LogP contribution in [-0.2, 0) is 0 Å². The summed E-state index contributed by atoms with van der Waals surface area (Å²) in [5.74, 6) is 0.751. The Morgan fingerprint density at radius 2 is 1.87 bits per heavy atom. The van der Waals surface area contributed by atoms with Gasteiger partial charge >= 0.3 is 0 Å². The molecule has 1 fully saturated rings. The topological polar surface area (TPSA) is 72.9 Å². The second kappa shape index (κ2) is 10.5. The monoisotopic (exact) mass is 419 g/mol. The number of aliphatic hydroxyl groups is 1. The highest BCUT2D eigenvalue weighted by molar-refractivity contribution is 5.99. The minimum atomic E-state index is -0.561. The summed E-state index contributed by atoms with van der Waals surface area (Å²) >= 11 is 0. The van der Waals surface area contributed by atoms with Crippen LogP contribution in [0.2, 0.25) is 0 Å². The third-order valence-electron chi connectivity index (χ3n) is 5.83. The van der Waals surface area contributed by atoms with Crippen molar-refractivity contribution in [1.29, 1.82) is 5.26 Å². The molecule has 0 amide bonds. The molecule has 0 saturated carbocycles. The van der Waals surface area contributed by atoms with Gasteiger partial charge in [-0.15, -0.1) is 0 Å². The fourth-order valence-corrected chi connectivity index (χ4v) is 4.19. The number of ether oxygens (including phenoxy) is 1. The van der Waals surface area contributed by atoms with Crippen molar-refractivity contribution in [2.45, 2.75) is 18.9 Å². The standard InChI is InChI=1S/C25H29N3O3/c26-10-3-4-11-27-12-14-28(15-13-27)17-22(29)19-31-24-8-7-20-5-1-2-6-23(20)25(24)21-9-16-30-18-21/h1-2,5-9,16,18,22,29H,3-4,11-15,17,19H2. The van der Waals surface area contributed by atoms with Crippen LogP contribution in [0.3, 0.4) is 0 Å². The van der Waals surface area contributed by atoms with Crippen molar-refractivity contribution in [1.82, 2.24) is 9.80 Å². The fraction of sp³-hybridized carbons (Fsp3) is 0.400. The molecular formula is C25H29N3O3. The van der Waals surface area contributed by atoms with Gasteiger partial charge in [-0.3, -0.25) is 4.90 Å². The Morgan fingerprint density at radius 3 is 2.65 bits per heavy atom. The molecule has 162 valence electrons. The zero-order chi connectivity index (χ0) is 21.5. The van der Waals surface area contributed by atoms with Crippen LogP contribution in [0.4, 0.5) is 0 Å². The molecule has 2 aromatic carbocycles. The van der Waals surface area contributed by atoms with Crippen molar-refractivity contribution < 1.29 is 14.3 Å². The Kier molecular flexibility index (Phi) is 7.21. The second-order valence-electron chi connectivity index (χ2n) is 8.04. The minimum absolute atomic E-state index is 0.242. The lowest BCUT2D eigenvalue weighted by atomic mass is 9.99. The van der Waals surface area contributed by atoms with Crippen LogP contribution < -0.4 is 4.74 Å². The van der Waals surface area contributed by atoms with E-state index >= 15 is 0 Å². The van der Waals surface area contributed by atoms with E-state index in [9.17, 15) is 5.11 Å². The quantitative estimate of drug-likeness (QED) is 0.533. The van der Waals surface area contributed by atoms with Crippen LogP contribution in [0, 0.1) is 11.3 Å². The molecule has 6 nitrogen and oxygen atoms in total. The highest BCUT2D eigenvalue weighted by Crippen LogP contribution is 2.37. The normalized spacial score (nSPS) is 16.3. The summed E-state index contributed by atoms with van der Waals surface area (Å²) in [6, 6.07) is 16.4. The Balaban J connectivity index is 1.35. The molecule has 1 atom stereocenters. The first kappa shape index (κ1) is 21.4. The number of unbranched alkanes of at least 4 members (excludes halogenated alkanes) is 1. The number of nitriles is 1. The van der Waals surface area contributed by atoms with Gasteiger partial charge in [0.15, 0.2) is 0 Å². The third kappa shape index (κ3) is 5.45. The fourth-order valence-electron chi connectivity index (χ4n) is 4.19. The van der Waals surface area contributed by atoms with Gasteiger partial charge in [0.05, 0.1) is 18.6 Å². The van der Waals surface area contributed by atoms with E-state index in [1.54, 1.807) is 12.5 Å². The van der Waals surface area contributed by atoms with Gasteiger partial charge < -0.3 is 19.2 Å². The van der Waals surface area contributed by atoms with Gasteiger partial charge in [0.25, 0.3) is 0 Å². The van der Waals surface area contributed by atoms with Crippen molar-refractivity contribution in [3.05, 3.63) is 55.0 Å². The van der Waals surface area contributed by atoms with E-state index in [1.165, 1.54) is 0 Å². The molecule has 0 radical (unpaired) electrons. The minimum Gasteiger partial charge on any atom is -0.490 e. The van der Waals surface area contributed by atoms with Crippen LogP contribution in [0.25, 0.3) is 21.9 Å². The van der Waals surface area contributed by atoms with E-state index < -0.39 is 6.10 Å². The number of β-amino-alcohol motifs (C(OH)–C–C–N with tert-alkyl or cyclic N) is 1. The molecule has 1 N–H and O–H groups in total. The molecule has 1 unspecified atom stereocenters. The second-order valence-corrected chi connectivity index (χ2v) is 8.04. The molecule has 6 heteroatoms. The SMILES string of the molecule is N#CCCCN1CCN(CC(O)COc2ccc3ccccc3c2-c2ccoc2)CC1. The van der Waals surface area contributed by atoms with Gasteiger partial charge in [0, 0.05) is 50.3 Å². The average molecular weight is 420 g/mol. The number of benzene rings is 2. The van der Waals surface area contributed by atoms with E-state index in [2.05, 4.69) is 28.0 Å². The first-order valence-corrected chi connectivity index (χ1v) is 10.9. The van der Waals surface area contributed by atoms with Crippen molar-refractivity contribution in [2.24, 2.45) is 0 Å². The van der Waals surface area contributed by atoms with E-state index in [4.69, 9.17) is 14.4 Å². The molecule has 1 aliphatic rings. The zero-order valence-electron chi connectivity index (χ0n) is 17.7. The van der Waals surface area contributed by atoms with Crippen LogP contribution in [0.15, 0.2) is 59.4 Å². The van der Waals surface area contributed by atoms with Crippen LogP contribution >= 0.6 is 0 Å². The summed E-state index contributed by atoms with van der Waals surface area (Å²) in [6.45, 7) is 5.64. The maximum absolute atomic E-state index is 10.6. The largest absolute Gasteiger partial charge is 0.490 e. The maximum Gasteiger partial charge on any atom is 0.128 e. The van der Waals surface area contributed by atoms with E-state index in [1.807, 2.05) is 30.3 Å². The van der Waals surface area contributed by atoms with Gasteiger partial charge in [-0.25, -0.2) is 0 Å². The van der Waals surface area contributed by atoms with E-state index in [-0.39, 0.29) is 6.61 Å². The third-order valence-corrected chi connectivity index (χ3v) is 5.83. The Morgan fingerprint density at radius 1 is 1.06 bits per heavy atom. The predicted octanol–water partition coefficient (Wildman–Crippen LogP) is 3.76. The molecule has 0 bridgehead atoms. The van der Waals surface area contributed by atoms with Crippen LogP contribution in [0.1, 0.15) is 12.8 Å². The van der Waals surface area contributed by atoms with Gasteiger partial charge in [0.2, 0.25) is 0 Å². The molecule has 1 aliphatic heterocycles. The lowest BCUT2D eigenvalue weighted by Gasteiger charge is -2.35. The first-order chi connectivity index (χ1) is 15.2. The number of hydrogen-bond donors (Lipinski definition) is 1. The number of nitrogens with zero attached hydrogens (tertiary/aromatic N) is 3. The van der Waals surface area contributed by atoms with Crippen molar-refractivity contribution >= 4 is 10.8 Å². The Labute approximate surface area is 183 Å². The first-order valence-electron chi connectivity index (χ1n) is 10.9. The lowest BCUT2D eigenvalue weighted by molar-refractivity contribution is 0.0461.